The monoisotopic (exact) mass is 391 g/mol. The van der Waals surface area contributed by atoms with Crippen LogP contribution < -0.4 is 16.0 Å². The predicted octanol–water partition coefficient (Wildman–Crippen LogP) is 3.06. The van der Waals surface area contributed by atoms with E-state index in [0.717, 1.165) is 0 Å². The first kappa shape index (κ1) is 23.2. The van der Waals surface area contributed by atoms with Gasteiger partial charge in [-0.3, -0.25) is 0 Å². The van der Waals surface area contributed by atoms with E-state index in [1.807, 2.05) is 26.8 Å². The number of aliphatic imine (C=N–C) groups is 1. The molecular weight excluding hydrogens is 361 g/mol. The fourth-order valence-corrected chi connectivity index (χ4v) is 2.18. The molecule has 1 aromatic rings. The van der Waals surface area contributed by atoms with Crippen LogP contribution in [0.2, 0.25) is 0 Å². The summed E-state index contributed by atoms with van der Waals surface area (Å²) < 4.78 is 19.3. The van der Waals surface area contributed by atoms with Gasteiger partial charge in [-0.15, -0.1) is 0 Å². The first-order valence-corrected chi connectivity index (χ1v) is 9.17. The first-order valence-electron chi connectivity index (χ1n) is 9.17. The number of amides is 1. The van der Waals surface area contributed by atoms with Crippen molar-refractivity contribution in [3.8, 4) is 6.07 Å². The number of hydrogen-bond donors (Lipinski definition) is 3. The second kappa shape index (κ2) is 9.93. The summed E-state index contributed by atoms with van der Waals surface area (Å²) in [6.07, 6.45) is -0.499. The van der Waals surface area contributed by atoms with Gasteiger partial charge in [-0.1, -0.05) is 6.07 Å². The van der Waals surface area contributed by atoms with Crippen molar-refractivity contribution >= 4 is 12.1 Å². The van der Waals surface area contributed by atoms with Crippen LogP contribution in [0, 0.1) is 17.1 Å². The average Bonchev–Trinajstić information content (AvgIpc) is 2.55. The minimum absolute atomic E-state index is 0.118. The molecule has 0 aliphatic rings. The third kappa shape index (κ3) is 8.71. The van der Waals surface area contributed by atoms with E-state index in [4.69, 9.17) is 10.00 Å². The Morgan fingerprint density at radius 3 is 2.46 bits per heavy atom. The number of carbonyl (C=O) groups is 1. The van der Waals surface area contributed by atoms with Crippen molar-refractivity contribution in [3.63, 3.8) is 0 Å². The molecule has 1 rings (SSSR count). The number of ether oxygens (including phenoxy) is 1. The van der Waals surface area contributed by atoms with Crippen LogP contribution in [0.4, 0.5) is 9.18 Å². The van der Waals surface area contributed by atoms with Crippen LogP contribution in [-0.2, 0) is 11.3 Å². The largest absolute Gasteiger partial charge is 0.444 e. The molecule has 0 spiro atoms. The zero-order valence-corrected chi connectivity index (χ0v) is 17.4. The minimum atomic E-state index is -0.599. The van der Waals surface area contributed by atoms with Gasteiger partial charge in [-0.25, -0.2) is 14.2 Å². The third-order valence-corrected chi connectivity index (χ3v) is 3.47. The van der Waals surface area contributed by atoms with Gasteiger partial charge in [0, 0.05) is 18.7 Å². The van der Waals surface area contributed by atoms with E-state index >= 15 is 0 Å². The zero-order valence-electron chi connectivity index (χ0n) is 17.4. The number of guanidine groups is 1. The second-order valence-corrected chi connectivity index (χ2v) is 7.98. The van der Waals surface area contributed by atoms with E-state index in [2.05, 4.69) is 20.9 Å². The highest BCUT2D eigenvalue weighted by Gasteiger charge is 2.24. The van der Waals surface area contributed by atoms with Gasteiger partial charge in [0.15, 0.2) is 5.96 Å². The van der Waals surface area contributed by atoms with Gasteiger partial charge in [0.1, 0.15) is 11.4 Å². The van der Waals surface area contributed by atoms with Crippen LogP contribution in [0.5, 0.6) is 0 Å². The number of hydrogen-bond acceptors (Lipinski definition) is 4. The normalized spacial score (nSPS) is 12.1. The number of benzene rings is 1. The van der Waals surface area contributed by atoms with E-state index in [0.29, 0.717) is 24.6 Å². The molecule has 0 unspecified atom stereocenters. The molecule has 1 aromatic carbocycles. The van der Waals surface area contributed by atoms with Crippen molar-refractivity contribution in [2.75, 3.05) is 13.1 Å². The van der Waals surface area contributed by atoms with Crippen LogP contribution in [0.25, 0.3) is 0 Å². The molecule has 0 saturated carbocycles. The predicted molar refractivity (Wildman–Crippen MR) is 107 cm³/mol. The average molecular weight is 391 g/mol. The lowest BCUT2D eigenvalue weighted by Gasteiger charge is -2.29. The van der Waals surface area contributed by atoms with Gasteiger partial charge >= 0.3 is 6.09 Å². The lowest BCUT2D eigenvalue weighted by atomic mass is 10.1. The number of halogens is 1. The molecule has 0 aliphatic heterocycles. The molecule has 0 radical (unpaired) electrons. The van der Waals surface area contributed by atoms with Gasteiger partial charge in [0.05, 0.1) is 23.7 Å². The van der Waals surface area contributed by atoms with Crippen LogP contribution in [0.3, 0.4) is 0 Å². The minimum Gasteiger partial charge on any atom is -0.444 e. The molecule has 3 N–H and O–H groups in total. The Kier molecular flexibility index (Phi) is 8.23. The van der Waals surface area contributed by atoms with Gasteiger partial charge in [0.2, 0.25) is 0 Å². The summed E-state index contributed by atoms with van der Waals surface area (Å²) >= 11 is 0. The molecule has 0 aromatic heterocycles. The Morgan fingerprint density at radius 2 is 1.93 bits per heavy atom. The SMILES string of the molecule is CCNC(=NCc1ccc(C#N)cc1F)NCC(C)(C)NC(=O)OC(C)(C)C. The van der Waals surface area contributed by atoms with Gasteiger partial charge in [0.25, 0.3) is 0 Å². The highest BCUT2D eigenvalue weighted by atomic mass is 19.1. The lowest BCUT2D eigenvalue weighted by molar-refractivity contribution is 0.0474. The molecule has 1 amide bonds. The van der Waals surface area contributed by atoms with Crippen molar-refractivity contribution in [1.29, 1.82) is 5.26 Å². The highest BCUT2D eigenvalue weighted by molar-refractivity contribution is 5.80. The first-order chi connectivity index (χ1) is 13.0. The van der Waals surface area contributed by atoms with Crippen molar-refractivity contribution in [2.45, 2.75) is 59.2 Å². The van der Waals surface area contributed by atoms with E-state index in [-0.39, 0.29) is 12.1 Å². The molecule has 0 atom stereocenters. The summed E-state index contributed by atoms with van der Waals surface area (Å²) in [5.74, 6) is 0.0240. The van der Waals surface area contributed by atoms with E-state index in [1.54, 1.807) is 32.9 Å². The fraction of sp³-hybridized carbons (Fsp3) is 0.550. The number of nitrogens with one attached hydrogen (secondary N) is 3. The van der Waals surface area contributed by atoms with Gasteiger partial charge in [-0.2, -0.15) is 5.26 Å². The van der Waals surface area contributed by atoms with E-state index in [1.165, 1.54) is 6.07 Å². The van der Waals surface area contributed by atoms with Crippen molar-refractivity contribution < 1.29 is 13.9 Å². The molecule has 0 heterocycles. The maximum Gasteiger partial charge on any atom is 0.408 e. The topological polar surface area (TPSA) is 98.5 Å². The summed E-state index contributed by atoms with van der Waals surface area (Å²) in [7, 11) is 0. The molecule has 0 aliphatic carbocycles. The third-order valence-electron chi connectivity index (χ3n) is 3.47. The smallest absolute Gasteiger partial charge is 0.408 e. The maximum absolute atomic E-state index is 14.0. The van der Waals surface area contributed by atoms with Gasteiger partial charge in [-0.05, 0) is 53.7 Å². The van der Waals surface area contributed by atoms with Crippen molar-refractivity contribution in [2.24, 2.45) is 4.99 Å². The Bertz CT molecular complexity index is 748. The Morgan fingerprint density at radius 1 is 1.25 bits per heavy atom. The molecule has 0 saturated heterocycles. The molecule has 8 heteroatoms. The number of nitriles is 1. The van der Waals surface area contributed by atoms with Crippen LogP contribution in [0.1, 0.15) is 52.7 Å². The highest BCUT2D eigenvalue weighted by Crippen LogP contribution is 2.11. The summed E-state index contributed by atoms with van der Waals surface area (Å²) in [5, 5.41) is 17.8. The fourth-order valence-electron chi connectivity index (χ4n) is 2.18. The maximum atomic E-state index is 14.0. The van der Waals surface area contributed by atoms with Gasteiger partial charge < -0.3 is 20.7 Å². The molecular formula is C20H30FN5O2. The number of alkyl carbamates (subject to hydrolysis) is 1. The van der Waals surface area contributed by atoms with E-state index < -0.39 is 23.1 Å². The summed E-state index contributed by atoms with van der Waals surface area (Å²) in [6, 6.07) is 6.20. The lowest BCUT2D eigenvalue weighted by Crippen LogP contribution is -2.54. The molecule has 28 heavy (non-hydrogen) atoms. The Hall–Kier alpha value is -2.82. The number of nitrogens with zero attached hydrogens (tertiary/aromatic N) is 2. The number of carbonyl (C=O) groups excluding carboxylic acids is 1. The molecule has 0 bridgehead atoms. The Balaban J connectivity index is 2.72. The molecule has 154 valence electrons. The standard InChI is InChI=1S/C20H30FN5O2/c1-7-23-17(24-12-15-9-8-14(11-22)10-16(15)21)25-13-20(5,6)26-18(27)28-19(2,3)4/h8-10H,7,12-13H2,1-6H3,(H,26,27)(H2,23,24,25). The molecule has 0 fully saturated rings. The second-order valence-electron chi connectivity index (χ2n) is 7.98. The number of rotatable bonds is 6. The molecule has 7 nitrogen and oxygen atoms in total. The summed E-state index contributed by atoms with van der Waals surface area (Å²) in [6.45, 7) is 12.2. The van der Waals surface area contributed by atoms with Crippen molar-refractivity contribution in [1.82, 2.24) is 16.0 Å². The van der Waals surface area contributed by atoms with Crippen LogP contribution >= 0.6 is 0 Å². The Labute approximate surface area is 166 Å². The summed E-state index contributed by atoms with van der Waals surface area (Å²) in [4.78, 5) is 16.3. The van der Waals surface area contributed by atoms with Crippen molar-refractivity contribution in [3.05, 3.63) is 35.1 Å². The zero-order chi connectivity index (χ0) is 21.4. The van der Waals surface area contributed by atoms with Crippen LogP contribution in [-0.4, -0.2) is 36.3 Å². The summed E-state index contributed by atoms with van der Waals surface area (Å²) in [5.41, 5.74) is -0.513. The van der Waals surface area contributed by atoms with Crippen LogP contribution in [0.15, 0.2) is 23.2 Å². The quantitative estimate of drug-likeness (QED) is 0.511. The van der Waals surface area contributed by atoms with E-state index in [9.17, 15) is 9.18 Å².